The highest BCUT2D eigenvalue weighted by Crippen LogP contribution is 2.41. The van der Waals surface area contributed by atoms with Gasteiger partial charge in [0.15, 0.2) is 9.84 Å². The Balaban J connectivity index is 1.96. The normalized spacial score (nSPS) is 22.2. The number of rotatable bonds is 15. The Hall–Kier alpha value is -4.13. The SMILES string of the molecule is C#CCCC(NC(=O)[C@@H]1C[C@@H](OC(N)=O)CN1C(=O)[C@@H](NC(=O)NC1(CS(=O)(=O)C(C)(C)C)CCCCC1)C1(C)CCCCC1)C(=O)C(=O)NCC=C. The van der Waals surface area contributed by atoms with Gasteiger partial charge in [0.25, 0.3) is 5.91 Å². The Labute approximate surface area is 313 Å². The summed E-state index contributed by atoms with van der Waals surface area (Å²) in [6.45, 7) is 10.1. The number of sulfone groups is 1. The van der Waals surface area contributed by atoms with Crippen molar-refractivity contribution in [2.45, 2.75) is 146 Å². The molecular weight excluding hydrogens is 705 g/mol. The molecule has 6 N–H and O–H groups in total. The molecule has 1 aliphatic heterocycles. The first-order chi connectivity index (χ1) is 24.8. The first kappa shape index (κ1) is 43.3. The minimum atomic E-state index is -3.64. The summed E-state index contributed by atoms with van der Waals surface area (Å²) in [6.07, 6.45) is 11.5. The summed E-state index contributed by atoms with van der Waals surface area (Å²) in [5, 5.41) is 10.8. The quantitative estimate of drug-likeness (QED) is 0.0937. The van der Waals surface area contributed by atoms with Crippen molar-refractivity contribution >= 4 is 45.5 Å². The van der Waals surface area contributed by atoms with Gasteiger partial charge in [0.1, 0.15) is 18.2 Å². The number of ketones is 1. The maximum absolute atomic E-state index is 14.8. The molecule has 296 valence electrons. The zero-order valence-electron chi connectivity index (χ0n) is 31.6. The van der Waals surface area contributed by atoms with Crippen molar-refractivity contribution in [2.24, 2.45) is 11.1 Å². The van der Waals surface area contributed by atoms with Crippen LogP contribution in [-0.2, 0) is 33.8 Å². The molecule has 0 radical (unpaired) electrons. The molecule has 2 aliphatic carbocycles. The predicted octanol–water partition coefficient (Wildman–Crippen LogP) is 2.38. The van der Waals surface area contributed by atoms with Crippen LogP contribution < -0.4 is 27.0 Å². The lowest BCUT2D eigenvalue weighted by Gasteiger charge is -2.44. The monoisotopic (exact) mass is 762 g/mol. The van der Waals surface area contributed by atoms with Gasteiger partial charge in [-0.25, -0.2) is 18.0 Å². The van der Waals surface area contributed by atoms with Crippen LogP contribution in [0.1, 0.15) is 111 Å². The van der Waals surface area contributed by atoms with Crippen molar-refractivity contribution in [2.75, 3.05) is 18.8 Å². The molecule has 0 spiro atoms. The molecular formula is C37H58N6O9S. The topological polar surface area (TPSA) is 223 Å². The number of carbonyl (C=O) groups excluding carboxylic acids is 6. The molecule has 1 unspecified atom stereocenters. The van der Waals surface area contributed by atoms with E-state index in [4.69, 9.17) is 16.9 Å². The number of amides is 6. The number of nitrogens with zero attached hydrogens (tertiary/aromatic N) is 1. The number of hydrogen-bond acceptors (Lipinski definition) is 9. The van der Waals surface area contributed by atoms with Crippen LogP contribution in [0.2, 0.25) is 0 Å². The van der Waals surface area contributed by atoms with Crippen LogP contribution in [0.4, 0.5) is 9.59 Å². The maximum Gasteiger partial charge on any atom is 0.404 e. The van der Waals surface area contributed by atoms with E-state index < -0.39 is 85.4 Å². The third-order valence-electron chi connectivity index (χ3n) is 10.8. The van der Waals surface area contributed by atoms with Crippen molar-refractivity contribution in [1.29, 1.82) is 0 Å². The van der Waals surface area contributed by atoms with E-state index in [9.17, 15) is 37.2 Å². The highest BCUT2D eigenvalue weighted by atomic mass is 32.2. The summed E-state index contributed by atoms with van der Waals surface area (Å²) in [6, 6.07) is -4.45. The second kappa shape index (κ2) is 18.3. The number of urea groups is 1. The van der Waals surface area contributed by atoms with Gasteiger partial charge in [-0.1, -0.05) is 51.5 Å². The largest absolute Gasteiger partial charge is 0.444 e. The molecule has 0 aromatic heterocycles. The molecule has 3 rings (SSSR count). The first-order valence-corrected chi connectivity index (χ1v) is 20.2. The summed E-state index contributed by atoms with van der Waals surface area (Å²) < 4.78 is 31.0. The van der Waals surface area contributed by atoms with E-state index >= 15 is 0 Å². The number of nitrogens with two attached hydrogens (primary N) is 1. The number of likely N-dealkylation sites (tertiary alicyclic amines) is 1. The summed E-state index contributed by atoms with van der Waals surface area (Å²) in [7, 11) is -3.64. The molecule has 3 fully saturated rings. The number of terminal acetylenes is 1. The molecule has 4 atom stereocenters. The van der Waals surface area contributed by atoms with E-state index in [1.807, 2.05) is 6.92 Å². The van der Waals surface area contributed by atoms with Crippen LogP contribution >= 0.6 is 0 Å². The van der Waals surface area contributed by atoms with Crippen molar-refractivity contribution < 1.29 is 41.9 Å². The Kier molecular flexibility index (Phi) is 14.9. The highest BCUT2D eigenvalue weighted by Gasteiger charge is 2.50. The smallest absolute Gasteiger partial charge is 0.404 e. The van der Waals surface area contributed by atoms with Crippen molar-refractivity contribution in [1.82, 2.24) is 26.2 Å². The van der Waals surface area contributed by atoms with Gasteiger partial charge in [-0.2, -0.15) is 0 Å². The predicted molar refractivity (Wildman–Crippen MR) is 199 cm³/mol. The molecule has 53 heavy (non-hydrogen) atoms. The molecule has 1 saturated heterocycles. The van der Waals surface area contributed by atoms with Gasteiger partial charge in [0, 0.05) is 19.4 Å². The van der Waals surface area contributed by atoms with Crippen LogP contribution in [0.15, 0.2) is 12.7 Å². The zero-order valence-corrected chi connectivity index (χ0v) is 32.4. The second-order valence-corrected chi connectivity index (χ2v) is 18.7. The summed E-state index contributed by atoms with van der Waals surface area (Å²) >= 11 is 0. The molecule has 0 bridgehead atoms. The van der Waals surface area contributed by atoms with Gasteiger partial charge in [-0.3, -0.25) is 19.2 Å². The number of ether oxygens (including phenoxy) is 1. The Morgan fingerprint density at radius 3 is 2.17 bits per heavy atom. The van der Waals surface area contributed by atoms with Gasteiger partial charge in [0.05, 0.1) is 28.6 Å². The molecule has 6 amide bonds. The fourth-order valence-electron chi connectivity index (χ4n) is 7.58. The summed E-state index contributed by atoms with van der Waals surface area (Å²) in [5.74, 6) is -1.15. The van der Waals surface area contributed by atoms with Gasteiger partial charge in [0.2, 0.25) is 17.6 Å². The fraction of sp³-hybridized carbons (Fsp3) is 0.730. The minimum absolute atomic E-state index is 0.0195. The third kappa shape index (κ3) is 11.4. The lowest BCUT2D eigenvalue weighted by atomic mass is 9.70. The highest BCUT2D eigenvalue weighted by molar-refractivity contribution is 7.92. The Bertz CT molecular complexity index is 1540. The van der Waals surface area contributed by atoms with Gasteiger partial charge in [-0.15, -0.1) is 18.9 Å². The molecule has 3 aliphatic rings. The lowest BCUT2D eigenvalue weighted by Crippen LogP contribution is -2.64. The van der Waals surface area contributed by atoms with Gasteiger partial charge >= 0.3 is 12.1 Å². The number of hydrogen-bond donors (Lipinski definition) is 5. The first-order valence-electron chi connectivity index (χ1n) is 18.5. The van der Waals surface area contributed by atoms with E-state index in [1.165, 1.54) is 11.0 Å². The molecule has 16 heteroatoms. The van der Waals surface area contributed by atoms with E-state index in [0.29, 0.717) is 25.7 Å². The van der Waals surface area contributed by atoms with E-state index in [0.717, 1.165) is 38.5 Å². The molecule has 0 aromatic rings. The molecule has 1 heterocycles. The lowest BCUT2D eigenvalue weighted by molar-refractivity contribution is -0.144. The number of Topliss-reactive ketones (excluding diaryl/α,β-unsaturated/α-hetero) is 1. The fourth-order valence-corrected chi connectivity index (χ4v) is 9.11. The zero-order chi connectivity index (χ0) is 39.6. The van der Waals surface area contributed by atoms with Crippen molar-refractivity contribution in [3.05, 3.63) is 12.7 Å². The molecule has 15 nitrogen and oxygen atoms in total. The van der Waals surface area contributed by atoms with E-state index in [-0.39, 0.29) is 38.1 Å². The van der Waals surface area contributed by atoms with E-state index in [2.05, 4.69) is 33.8 Å². The van der Waals surface area contributed by atoms with Crippen LogP contribution in [0.3, 0.4) is 0 Å². The van der Waals surface area contributed by atoms with Crippen LogP contribution in [0.5, 0.6) is 0 Å². The molecule has 2 saturated carbocycles. The van der Waals surface area contributed by atoms with Crippen molar-refractivity contribution in [3.63, 3.8) is 0 Å². The second-order valence-electron chi connectivity index (χ2n) is 15.9. The van der Waals surface area contributed by atoms with Crippen LogP contribution in [0.25, 0.3) is 0 Å². The average Bonchev–Trinajstić information content (AvgIpc) is 3.50. The Morgan fingerprint density at radius 1 is 1.02 bits per heavy atom. The van der Waals surface area contributed by atoms with Crippen molar-refractivity contribution in [3.8, 4) is 12.3 Å². The summed E-state index contributed by atoms with van der Waals surface area (Å²) in [5.41, 5.74) is 3.53. The van der Waals surface area contributed by atoms with Crippen LogP contribution in [-0.4, -0.2) is 102 Å². The maximum atomic E-state index is 14.8. The summed E-state index contributed by atoms with van der Waals surface area (Å²) in [4.78, 5) is 81.3. The van der Waals surface area contributed by atoms with Gasteiger partial charge < -0.3 is 36.6 Å². The van der Waals surface area contributed by atoms with E-state index in [1.54, 1.807) is 20.8 Å². The average molecular weight is 763 g/mol. The standard InChI is InChI=1S/C37H58N6O9S/c1-7-9-16-26(28(44)31(46)39-21-8-2)40-30(45)27-22-25(52-33(38)48)23-43(27)32(47)29(36(6)17-12-10-13-18-36)41-34(49)42-37(19-14-11-15-20-37)24-53(50,51)35(3,4)5/h1,8,25-27,29H,2,9-24H2,3-6H3,(H2,38,48)(H,39,46)(H,40,45)(H2,41,42,49)/t25-,26?,27+,29-/m1/s1. The number of primary amides is 1. The van der Waals surface area contributed by atoms with Crippen LogP contribution in [0, 0.1) is 17.8 Å². The van der Waals surface area contributed by atoms with Gasteiger partial charge in [-0.05, 0) is 58.3 Å². The third-order valence-corrected chi connectivity index (χ3v) is 13.6. The Morgan fingerprint density at radius 2 is 1.62 bits per heavy atom. The minimum Gasteiger partial charge on any atom is -0.444 e. The number of nitrogens with one attached hydrogen (secondary N) is 4. The number of carbonyl (C=O) groups is 6. The molecule has 0 aromatic carbocycles.